The van der Waals surface area contributed by atoms with Crippen LogP contribution < -0.4 is 0 Å². The van der Waals surface area contributed by atoms with E-state index in [-0.39, 0.29) is 11.3 Å². The van der Waals surface area contributed by atoms with Gasteiger partial charge in [0.15, 0.2) is 0 Å². The number of nitrogens with zero attached hydrogens (tertiary/aromatic N) is 2. The number of hydrogen-bond donors (Lipinski definition) is 0. The fourth-order valence-electron chi connectivity index (χ4n) is 2.36. The number of benzene rings is 2. The zero-order chi connectivity index (χ0) is 19.4. The van der Waals surface area contributed by atoms with E-state index in [2.05, 4.69) is 4.98 Å². The Kier molecular flexibility index (Phi) is 5.73. The third-order valence-electron chi connectivity index (χ3n) is 3.66. The highest BCUT2D eigenvalue weighted by molar-refractivity contribution is 7.99. The van der Waals surface area contributed by atoms with E-state index >= 15 is 0 Å². The van der Waals surface area contributed by atoms with E-state index in [1.54, 1.807) is 36.4 Å². The molecule has 0 fully saturated rings. The molecule has 0 saturated carbocycles. The first-order valence-corrected chi connectivity index (χ1v) is 8.95. The standard InChI is InChI=1S/C19H13ClN2O4S/c1-26-19(23)16-10-11-17(27-15-8-4-13(20)5-9-15)21-18(16)12-2-6-14(7-3-12)22(24)25/h2-11H,1H3. The van der Waals surface area contributed by atoms with Crippen molar-refractivity contribution in [1.29, 1.82) is 0 Å². The Balaban J connectivity index is 2.01. The number of non-ortho nitro benzene ring substituents is 1. The van der Waals surface area contributed by atoms with Gasteiger partial charge < -0.3 is 4.74 Å². The number of methoxy groups -OCH3 is 1. The lowest BCUT2D eigenvalue weighted by molar-refractivity contribution is -0.384. The molecule has 6 nitrogen and oxygen atoms in total. The number of rotatable bonds is 5. The predicted molar refractivity (Wildman–Crippen MR) is 103 cm³/mol. The monoisotopic (exact) mass is 400 g/mol. The van der Waals surface area contributed by atoms with Crippen LogP contribution in [0.3, 0.4) is 0 Å². The largest absolute Gasteiger partial charge is 0.465 e. The molecule has 0 radical (unpaired) electrons. The summed E-state index contributed by atoms with van der Waals surface area (Å²) < 4.78 is 4.82. The van der Waals surface area contributed by atoms with Crippen molar-refractivity contribution < 1.29 is 14.5 Å². The number of esters is 1. The first-order valence-electron chi connectivity index (χ1n) is 7.75. The molecule has 0 aliphatic carbocycles. The molecule has 0 atom stereocenters. The fourth-order valence-corrected chi connectivity index (χ4v) is 3.27. The van der Waals surface area contributed by atoms with Gasteiger partial charge in [-0.15, -0.1) is 0 Å². The van der Waals surface area contributed by atoms with Gasteiger partial charge >= 0.3 is 5.97 Å². The maximum absolute atomic E-state index is 12.1. The summed E-state index contributed by atoms with van der Waals surface area (Å²) in [6.07, 6.45) is 0. The highest BCUT2D eigenvalue weighted by Crippen LogP contribution is 2.31. The van der Waals surface area contributed by atoms with Crippen molar-refractivity contribution in [3.63, 3.8) is 0 Å². The molecule has 3 rings (SSSR count). The third-order valence-corrected chi connectivity index (χ3v) is 4.86. The summed E-state index contributed by atoms with van der Waals surface area (Å²) in [6.45, 7) is 0. The molecule has 0 spiro atoms. The number of carbonyl (C=O) groups is 1. The van der Waals surface area contributed by atoms with Crippen LogP contribution in [0.4, 0.5) is 5.69 Å². The van der Waals surface area contributed by atoms with Gasteiger partial charge in [-0.25, -0.2) is 9.78 Å². The Hall–Kier alpha value is -2.90. The smallest absolute Gasteiger partial charge is 0.340 e. The average molecular weight is 401 g/mol. The molecule has 1 aromatic heterocycles. The normalized spacial score (nSPS) is 10.4. The number of carbonyl (C=O) groups excluding carboxylic acids is 1. The van der Waals surface area contributed by atoms with E-state index in [1.165, 1.54) is 31.0 Å². The van der Waals surface area contributed by atoms with Crippen molar-refractivity contribution in [3.8, 4) is 11.3 Å². The van der Waals surface area contributed by atoms with E-state index in [0.717, 1.165) is 4.90 Å². The highest BCUT2D eigenvalue weighted by Gasteiger charge is 2.17. The highest BCUT2D eigenvalue weighted by atomic mass is 35.5. The van der Waals surface area contributed by atoms with Crippen LogP contribution in [-0.4, -0.2) is 23.0 Å². The quantitative estimate of drug-likeness (QED) is 0.330. The van der Waals surface area contributed by atoms with Gasteiger partial charge in [0, 0.05) is 27.6 Å². The molecule has 0 unspecified atom stereocenters. The number of nitro benzene ring substituents is 1. The van der Waals surface area contributed by atoms with E-state index in [0.29, 0.717) is 21.3 Å². The molecule has 27 heavy (non-hydrogen) atoms. The molecular weight excluding hydrogens is 388 g/mol. The van der Waals surface area contributed by atoms with Crippen LogP contribution in [0.15, 0.2) is 70.6 Å². The lowest BCUT2D eigenvalue weighted by Crippen LogP contribution is -2.05. The summed E-state index contributed by atoms with van der Waals surface area (Å²) >= 11 is 7.31. The second-order valence-electron chi connectivity index (χ2n) is 5.40. The minimum Gasteiger partial charge on any atom is -0.465 e. The van der Waals surface area contributed by atoms with E-state index in [9.17, 15) is 14.9 Å². The van der Waals surface area contributed by atoms with Gasteiger partial charge in [0.1, 0.15) is 5.03 Å². The first kappa shape index (κ1) is 18.9. The zero-order valence-electron chi connectivity index (χ0n) is 14.1. The van der Waals surface area contributed by atoms with Crippen molar-refractivity contribution in [2.45, 2.75) is 9.92 Å². The van der Waals surface area contributed by atoms with Gasteiger partial charge in [0.25, 0.3) is 5.69 Å². The molecule has 0 N–H and O–H groups in total. The third kappa shape index (κ3) is 4.45. The van der Waals surface area contributed by atoms with Crippen LogP contribution in [0.5, 0.6) is 0 Å². The molecule has 0 aliphatic rings. The summed E-state index contributed by atoms with van der Waals surface area (Å²) in [6, 6.07) is 16.5. The Morgan fingerprint density at radius 1 is 1.07 bits per heavy atom. The first-order chi connectivity index (χ1) is 13.0. The minimum atomic E-state index is -0.529. The number of ether oxygens (including phenoxy) is 1. The maximum atomic E-state index is 12.1. The Bertz CT molecular complexity index is 992. The molecular formula is C19H13ClN2O4S. The number of halogens is 1. The second kappa shape index (κ2) is 8.20. The van der Waals surface area contributed by atoms with E-state index < -0.39 is 10.9 Å². The van der Waals surface area contributed by atoms with Crippen molar-refractivity contribution in [2.24, 2.45) is 0 Å². The molecule has 0 bridgehead atoms. The summed E-state index contributed by atoms with van der Waals surface area (Å²) in [7, 11) is 1.29. The van der Waals surface area contributed by atoms with Gasteiger partial charge in [-0.3, -0.25) is 10.1 Å². The fraction of sp³-hybridized carbons (Fsp3) is 0.0526. The Morgan fingerprint density at radius 2 is 1.74 bits per heavy atom. The minimum absolute atomic E-state index is 0.0370. The molecule has 0 amide bonds. The van der Waals surface area contributed by atoms with Crippen LogP contribution in [0.1, 0.15) is 10.4 Å². The van der Waals surface area contributed by atoms with Crippen molar-refractivity contribution in [2.75, 3.05) is 7.11 Å². The van der Waals surface area contributed by atoms with Crippen LogP contribution in [0.25, 0.3) is 11.3 Å². The molecule has 0 aliphatic heterocycles. The predicted octanol–water partition coefficient (Wildman–Crippen LogP) is 5.25. The molecule has 8 heteroatoms. The van der Waals surface area contributed by atoms with E-state index in [4.69, 9.17) is 16.3 Å². The maximum Gasteiger partial charge on any atom is 0.340 e. The number of hydrogen-bond acceptors (Lipinski definition) is 6. The number of pyridine rings is 1. The number of aromatic nitrogens is 1. The van der Waals surface area contributed by atoms with Crippen molar-refractivity contribution >= 4 is 35.0 Å². The lowest BCUT2D eigenvalue weighted by atomic mass is 10.1. The SMILES string of the molecule is COC(=O)c1ccc(Sc2ccc(Cl)cc2)nc1-c1ccc([N+](=O)[O-])cc1. The van der Waals surface area contributed by atoms with E-state index in [1.807, 2.05) is 12.1 Å². The second-order valence-corrected chi connectivity index (χ2v) is 6.93. The Labute approximate surface area is 164 Å². The van der Waals surface area contributed by atoms with Gasteiger partial charge in [-0.05, 0) is 48.5 Å². The van der Waals surface area contributed by atoms with Crippen LogP contribution in [0.2, 0.25) is 5.02 Å². The molecule has 2 aromatic carbocycles. The lowest BCUT2D eigenvalue weighted by Gasteiger charge is -2.10. The van der Waals surface area contributed by atoms with Crippen LogP contribution >= 0.6 is 23.4 Å². The molecule has 136 valence electrons. The average Bonchev–Trinajstić information content (AvgIpc) is 2.69. The molecule has 0 saturated heterocycles. The van der Waals surface area contributed by atoms with Gasteiger partial charge in [-0.1, -0.05) is 23.4 Å². The zero-order valence-corrected chi connectivity index (χ0v) is 15.7. The van der Waals surface area contributed by atoms with Crippen molar-refractivity contribution in [1.82, 2.24) is 4.98 Å². The molecule has 3 aromatic rings. The topological polar surface area (TPSA) is 82.3 Å². The summed E-state index contributed by atoms with van der Waals surface area (Å²) in [4.78, 5) is 28.0. The van der Waals surface area contributed by atoms with Gasteiger partial charge in [0.05, 0.1) is 23.3 Å². The van der Waals surface area contributed by atoms with Crippen LogP contribution in [0, 0.1) is 10.1 Å². The van der Waals surface area contributed by atoms with Gasteiger partial charge in [0.2, 0.25) is 0 Å². The summed E-state index contributed by atoms with van der Waals surface area (Å²) in [5.74, 6) is -0.529. The summed E-state index contributed by atoms with van der Waals surface area (Å²) in [5.41, 5.74) is 1.23. The molecule has 1 heterocycles. The Morgan fingerprint density at radius 3 is 2.33 bits per heavy atom. The number of nitro groups is 1. The van der Waals surface area contributed by atoms with Crippen LogP contribution in [-0.2, 0) is 4.74 Å². The summed E-state index contributed by atoms with van der Waals surface area (Å²) in [5, 5.41) is 12.2. The van der Waals surface area contributed by atoms with Crippen molar-refractivity contribution in [3.05, 3.63) is 81.4 Å². The van der Waals surface area contributed by atoms with Gasteiger partial charge in [-0.2, -0.15) is 0 Å².